The number of guanidine groups is 2. The average molecular weight is 425 g/mol. The van der Waals surface area contributed by atoms with Gasteiger partial charge in [0, 0.05) is 11.6 Å². The fourth-order valence-electron chi connectivity index (χ4n) is 3.07. The van der Waals surface area contributed by atoms with Crippen LogP contribution in [0.25, 0.3) is 10.8 Å². The van der Waals surface area contributed by atoms with Gasteiger partial charge in [-0.25, -0.2) is 10.1 Å². The van der Waals surface area contributed by atoms with E-state index < -0.39 is 22.8 Å². The summed E-state index contributed by atoms with van der Waals surface area (Å²) in [6.45, 7) is 4.16. The Labute approximate surface area is 176 Å². The molecule has 11 heteroatoms. The fraction of sp³-hybridized carbons (Fsp3) is 0.200. The monoisotopic (exact) mass is 425 g/mol. The maximum Gasteiger partial charge on any atom is 0.390 e. The van der Waals surface area contributed by atoms with Gasteiger partial charge in [0.1, 0.15) is 0 Å². The van der Waals surface area contributed by atoms with Gasteiger partial charge in [-0.15, -0.1) is 0 Å². The Morgan fingerprint density at radius 2 is 1.81 bits per heavy atom. The van der Waals surface area contributed by atoms with Crippen LogP contribution in [0.4, 0.5) is 0 Å². The van der Waals surface area contributed by atoms with Crippen LogP contribution in [-0.4, -0.2) is 32.3 Å². The SMILES string of the molecule is CC1(C)N=C(N)NC(N)=[N+]1OCc1cccc2ccccc12.O=c1cc([O-])[nH]c(=O)[nH]1. The summed E-state index contributed by atoms with van der Waals surface area (Å²) < 4.78 is 1.55. The minimum absolute atomic E-state index is 0.285. The highest BCUT2D eigenvalue weighted by molar-refractivity contribution is 5.95. The number of nitrogens with two attached hydrogens (primary N) is 2. The lowest BCUT2D eigenvalue weighted by Gasteiger charge is -2.26. The molecule has 0 atom stereocenters. The maximum atomic E-state index is 10.2. The molecule has 0 spiro atoms. The summed E-state index contributed by atoms with van der Waals surface area (Å²) >= 11 is 0. The van der Waals surface area contributed by atoms with Crippen molar-refractivity contribution in [2.45, 2.75) is 26.1 Å². The number of nitrogens with zero attached hydrogens (tertiary/aromatic N) is 2. The van der Waals surface area contributed by atoms with Crippen LogP contribution in [0.2, 0.25) is 0 Å². The van der Waals surface area contributed by atoms with E-state index in [2.05, 4.69) is 28.5 Å². The van der Waals surface area contributed by atoms with Crippen molar-refractivity contribution in [1.82, 2.24) is 15.3 Å². The van der Waals surface area contributed by atoms with Gasteiger partial charge >= 0.3 is 11.6 Å². The number of hydrogen-bond donors (Lipinski definition) is 5. The third kappa shape index (κ3) is 5.21. The first-order valence-corrected chi connectivity index (χ1v) is 9.31. The molecule has 0 saturated carbocycles. The number of H-pyrrole nitrogens is 2. The van der Waals surface area contributed by atoms with E-state index in [4.69, 9.17) is 16.3 Å². The Bertz CT molecular complexity index is 1240. The minimum Gasteiger partial charge on any atom is -0.860 e. The molecule has 162 valence electrons. The summed E-state index contributed by atoms with van der Waals surface area (Å²) in [5, 5.41) is 15.4. The second kappa shape index (κ2) is 8.61. The molecular weight excluding hydrogens is 402 g/mol. The first-order valence-electron chi connectivity index (χ1n) is 9.31. The average Bonchev–Trinajstić information content (AvgIpc) is 2.66. The molecule has 0 bridgehead atoms. The number of rotatable bonds is 3. The van der Waals surface area contributed by atoms with Crippen LogP contribution in [0.15, 0.2) is 63.1 Å². The molecular formula is C20H23N7O4. The predicted molar refractivity (Wildman–Crippen MR) is 114 cm³/mol. The molecule has 31 heavy (non-hydrogen) atoms. The zero-order valence-electron chi connectivity index (χ0n) is 17.0. The summed E-state index contributed by atoms with van der Waals surface area (Å²) in [7, 11) is 0. The molecule has 0 amide bonds. The van der Waals surface area contributed by atoms with Crippen molar-refractivity contribution in [2.24, 2.45) is 16.5 Å². The van der Waals surface area contributed by atoms with Gasteiger partial charge < -0.3 is 20.7 Å². The van der Waals surface area contributed by atoms with E-state index in [9.17, 15) is 14.7 Å². The minimum atomic E-state index is -0.771. The largest absolute Gasteiger partial charge is 0.860 e. The highest BCUT2D eigenvalue weighted by Gasteiger charge is 2.35. The smallest absolute Gasteiger partial charge is 0.390 e. The highest BCUT2D eigenvalue weighted by Crippen LogP contribution is 2.21. The Balaban J connectivity index is 0.000000254. The van der Waals surface area contributed by atoms with Crippen molar-refractivity contribution in [2.75, 3.05) is 0 Å². The van der Waals surface area contributed by atoms with Crippen molar-refractivity contribution >= 4 is 22.7 Å². The first kappa shape index (κ1) is 21.4. The lowest BCUT2D eigenvalue weighted by molar-refractivity contribution is -0.838. The molecule has 1 aliphatic heterocycles. The van der Waals surface area contributed by atoms with Crippen molar-refractivity contribution in [1.29, 1.82) is 0 Å². The molecule has 3 aromatic rings. The van der Waals surface area contributed by atoms with Crippen LogP contribution >= 0.6 is 0 Å². The summed E-state index contributed by atoms with van der Waals surface area (Å²) in [6.07, 6.45) is 0. The van der Waals surface area contributed by atoms with E-state index in [1.807, 2.05) is 48.1 Å². The molecule has 1 aromatic heterocycles. The fourth-order valence-corrected chi connectivity index (χ4v) is 3.07. The van der Waals surface area contributed by atoms with Crippen LogP contribution in [0, 0.1) is 0 Å². The molecule has 7 N–H and O–H groups in total. The van der Waals surface area contributed by atoms with E-state index in [-0.39, 0.29) is 5.96 Å². The summed E-state index contributed by atoms with van der Waals surface area (Å²) in [5.74, 6) is -0.0611. The predicted octanol–water partition coefficient (Wildman–Crippen LogP) is -0.611. The molecule has 1 aliphatic rings. The van der Waals surface area contributed by atoms with Crippen molar-refractivity contribution < 1.29 is 14.7 Å². The van der Waals surface area contributed by atoms with Gasteiger partial charge in [-0.1, -0.05) is 47.2 Å². The number of nitrogens with one attached hydrogen (secondary N) is 3. The third-order valence-electron chi connectivity index (χ3n) is 4.33. The third-order valence-corrected chi connectivity index (χ3v) is 4.33. The first-order chi connectivity index (χ1) is 14.7. The quantitative estimate of drug-likeness (QED) is 0.347. The van der Waals surface area contributed by atoms with Crippen molar-refractivity contribution in [3.05, 3.63) is 74.9 Å². The molecule has 2 aromatic carbocycles. The summed E-state index contributed by atoms with van der Waals surface area (Å²) in [4.78, 5) is 34.3. The molecule has 11 nitrogen and oxygen atoms in total. The number of fused-ring (bicyclic) bond motifs is 1. The molecule has 4 rings (SSSR count). The summed E-state index contributed by atoms with van der Waals surface area (Å²) in [6, 6.07) is 15.1. The van der Waals surface area contributed by atoms with E-state index in [0.29, 0.717) is 12.6 Å². The van der Waals surface area contributed by atoms with Gasteiger partial charge in [0.2, 0.25) is 5.66 Å². The van der Waals surface area contributed by atoms with Crippen LogP contribution in [0.5, 0.6) is 5.88 Å². The Morgan fingerprint density at radius 1 is 1.10 bits per heavy atom. The number of hydroxylamine groups is 1. The Hall–Kier alpha value is -4.28. The second-order valence-electron chi connectivity index (χ2n) is 7.16. The van der Waals surface area contributed by atoms with Crippen LogP contribution in [0.3, 0.4) is 0 Å². The van der Waals surface area contributed by atoms with Gasteiger partial charge in [0.05, 0.1) is 0 Å². The van der Waals surface area contributed by atoms with Gasteiger partial charge in [0.15, 0.2) is 6.61 Å². The van der Waals surface area contributed by atoms with Crippen LogP contribution in [-0.2, 0) is 11.4 Å². The topological polar surface area (TPSA) is 177 Å². The number of hydrogen-bond acceptors (Lipinski definition) is 8. The molecule has 2 heterocycles. The van der Waals surface area contributed by atoms with Crippen molar-refractivity contribution in [3.8, 4) is 5.88 Å². The van der Waals surface area contributed by atoms with Gasteiger partial charge in [-0.05, 0) is 30.5 Å². The Kier molecular flexibility index (Phi) is 5.95. The molecule has 0 aliphatic carbocycles. The standard InChI is InChI=1S/C16H19N5O.C4H4N2O3/c1-16(2)20-14(17)19-15(18)21(16)22-10-12-8-5-7-11-6-3-4-9-13(11)12;7-2-1-3(8)6-4(9)5-2/h3-9H,10H2,1-2H3,(H4,17,18,19,20);1H,(H3,5,6,7,8,9). The lowest BCUT2D eigenvalue weighted by Crippen LogP contribution is -2.57. The molecule has 0 saturated heterocycles. The lowest BCUT2D eigenvalue weighted by atomic mass is 10.1. The van der Waals surface area contributed by atoms with Gasteiger partial charge in [-0.2, -0.15) is 4.99 Å². The highest BCUT2D eigenvalue weighted by atomic mass is 16.7. The van der Waals surface area contributed by atoms with E-state index >= 15 is 0 Å². The normalized spacial score (nSPS) is 14.8. The number of aromatic amines is 2. The zero-order chi connectivity index (χ0) is 22.6. The van der Waals surface area contributed by atoms with Crippen molar-refractivity contribution in [3.63, 3.8) is 0 Å². The van der Waals surface area contributed by atoms with E-state index in [1.54, 1.807) is 4.74 Å². The van der Waals surface area contributed by atoms with E-state index in [1.165, 1.54) is 5.39 Å². The second-order valence-corrected chi connectivity index (χ2v) is 7.16. The van der Waals surface area contributed by atoms with Crippen LogP contribution < -0.4 is 33.1 Å². The van der Waals surface area contributed by atoms with Gasteiger partial charge in [-0.3, -0.25) is 15.5 Å². The van der Waals surface area contributed by atoms with Gasteiger partial charge in [0.25, 0.3) is 11.5 Å². The summed E-state index contributed by atoms with van der Waals surface area (Å²) in [5.41, 5.74) is 10.6. The zero-order valence-corrected chi connectivity index (χ0v) is 17.0. The molecule has 0 unspecified atom stereocenters. The maximum absolute atomic E-state index is 10.2. The van der Waals surface area contributed by atoms with E-state index in [0.717, 1.165) is 17.0 Å². The Morgan fingerprint density at radius 3 is 2.48 bits per heavy atom. The molecule has 0 radical (unpaired) electrons. The molecule has 0 fully saturated rings. The number of benzene rings is 2. The van der Waals surface area contributed by atoms with Crippen LogP contribution in [0.1, 0.15) is 19.4 Å². The number of aliphatic imine (C=N–C) groups is 1. The number of aromatic nitrogens is 2.